The van der Waals surface area contributed by atoms with Crippen LogP contribution in [-0.4, -0.2) is 27.3 Å². The number of fused-ring (bicyclic) bond motifs is 1. The van der Waals surface area contributed by atoms with Crippen molar-refractivity contribution in [3.63, 3.8) is 0 Å². The maximum Gasteiger partial charge on any atom is 0.278 e. The van der Waals surface area contributed by atoms with Gasteiger partial charge in [-0.25, -0.2) is 9.97 Å². The molecule has 0 aliphatic rings. The summed E-state index contributed by atoms with van der Waals surface area (Å²) in [6.45, 7) is 0. The molecule has 28 heavy (non-hydrogen) atoms. The van der Waals surface area contributed by atoms with Crippen LogP contribution < -0.4 is 4.90 Å². The molecule has 0 atom stereocenters. The first-order chi connectivity index (χ1) is 13.4. The Kier molecular flexibility index (Phi) is 4.98. The van der Waals surface area contributed by atoms with Crippen LogP contribution >= 0.6 is 34.8 Å². The van der Waals surface area contributed by atoms with Gasteiger partial charge < -0.3 is 4.90 Å². The normalized spacial score (nSPS) is 11.0. The van der Waals surface area contributed by atoms with Gasteiger partial charge in [0.2, 0.25) is 0 Å². The van der Waals surface area contributed by atoms with Crippen molar-refractivity contribution >= 4 is 52.0 Å². The van der Waals surface area contributed by atoms with Crippen LogP contribution in [0.25, 0.3) is 16.9 Å². The van der Waals surface area contributed by atoms with E-state index >= 15 is 0 Å². The van der Waals surface area contributed by atoms with Crippen molar-refractivity contribution in [3.8, 4) is 11.3 Å². The second-order valence-corrected chi connectivity index (χ2v) is 7.39. The largest absolute Gasteiger partial charge is 0.309 e. The predicted molar refractivity (Wildman–Crippen MR) is 113 cm³/mol. The van der Waals surface area contributed by atoms with Gasteiger partial charge in [0.25, 0.3) is 5.91 Å². The Labute approximate surface area is 176 Å². The number of imidazole rings is 1. The number of nitrogens with zero attached hydrogens (tertiary/aromatic N) is 4. The molecule has 5 nitrogen and oxygen atoms in total. The number of rotatable bonds is 3. The second-order valence-electron chi connectivity index (χ2n) is 6.11. The smallest absolute Gasteiger partial charge is 0.278 e. The Bertz CT molecular complexity index is 1190. The molecular weight excluding hydrogens is 419 g/mol. The summed E-state index contributed by atoms with van der Waals surface area (Å²) in [5.41, 5.74) is 3.19. The van der Waals surface area contributed by atoms with Crippen molar-refractivity contribution in [3.05, 3.63) is 81.8 Å². The quantitative estimate of drug-likeness (QED) is 0.422. The summed E-state index contributed by atoms with van der Waals surface area (Å²) < 4.78 is 1.82. The van der Waals surface area contributed by atoms with Crippen molar-refractivity contribution < 1.29 is 4.79 Å². The number of hydrogen-bond donors (Lipinski definition) is 0. The number of carbonyl (C=O) groups excluding carboxylic acids is 1. The zero-order valence-electron chi connectivity index (χ0n) is 14.6. The minimum Gasteiger partial charge on any atom is -0.309 e. The number of carbonyl (C=O) groups is 1. The van der Waals surface area contributed by atoms with E-state index in [0.29, 0.717) is 26.4 Å². The van der Waals surface area contributed by atoms with Gasteiger partial charge in [-0.1, -0.05) is 46.9 Å². The first-order valence-electron chi connectivity index (χ1n) is 8.26. The third-order valence-electron chi connectivity index (χ3n) is 4.33. The third kappa shape index (κ3) is 3.44. The second kappa shape index (κ2) is 7.43. The van der Waals surface area contributed by atoms with E-state index in [0.717, 1.165) is 11.3 Å². The molecule has 0 fully saturated rings. The van der Waals surface area contributed by atoms with Gasteiger partial charge in [0.15, 0.2) is 5.65 Å². The van der Waals surface area contributed by atoms with Gasteiger partial charge in [-0.15, -0.1) is 0 Å². The first kappa shape index (κ1) is 18.7. The fourth-order valence-electron chi connectivity index (χ4n) is 2.87. The lowest BCUT2D eigenvalue weighted by Crippen LogP contribution is -2.27. The molecule has 0 saturated carbocycles. The standard InChI is InChI=1S/C20H13Cl3N4O/c1-26(17-7-6-14(22)8-15(17)23)20(28)16-11-27-18(9-25-19(27)10-24-16)12-2-4-13(21)5-3-12/h2-11H,1H3. The number of amides is 1. The van der Waals surface area contributed by atoms with E-state index in [1.807, 2.05) is 16.5 Å². The SMILES string of the molecule is CN(C(=O)c1cn2c(-c3ccc(Cl)cc3)cnc2cn1)c1ccc(Cl)cc1Cl. The lowest BCUT2D eigenvalue weighted by molar-refractivity contribution is 0.0988. The van der Waals surface area contributed by atoms with Crippen molar-refractivity contribution in [1.29, 1.82) is 0 Å². The van der Waals surface area contributed by atoms with Gasteiger partial charge in [-0.05, 0) is 30.3 Å². The molecule has 0 aliphatic heterocycles. The maximum atomic E-state index is 13.0. The van der Waals surface area contributed by atoms with Gasteiger partial charge in [-0.2, -0.15) is 0 Å². The molecule has 1 amide bonds. The Morgan fingerprint density at radius 1 is 0.964 bits per heavy atom. The van der Waals surface area contributed by atoms with Crippen LogP contribution in [0.5, 0.6) is 0 Å². The molecule has 2 aromatic carbocycles. The summed E-state index contributed by atoms with van der Waals surface area (Å²) in [6, 6.07) is 12.4. The van der Waals surface area contributed by atoms with Crippen molar-refractivity contribution in [2.75, 3.05) is 11.9 Å². The summed E-state index contributed by atoms with van der Waals surface area (Å²) in [6.07, 6.45) is 4.95. The molecule has 0 bridgehead atoms. The molecule has 8 heteroatoms. The lowest BCUT2D eigenvalue weighted by atomic mass is 10.2. The van der Waals surface area contributed by atoms with Crippen LogP contribution in [0.1, 0.15) is 10.5 Å². The molecule has 0 saturated heterocycles. The minimum absolute atomic E-state index is 0.259. The van der Waals surface area contributed by atoms with Crippen LogP contribution in [0.3, 0.4) is 0 Å². The van der Waals surface area contributed by atoms with Crippen molar-refractivity contribution in [2.24, 2.45) is 0 Å². The van der Waals surface area contributed by atoms with E-state index in [1.165, 1.54) is 4.90 Å². The molecule has 0 radical (unpaired) electrons. The summed E-state index contributed by atoms with van der Waals surface area (Å²) in [7, 11) is 1.64. The molecule has 4 rings (SSSR count). The van der Waals surface area contributed by atoms with E-state index in [-0.39, 0.29) is 11.6 Å². The highest BCUT2D eigenvalue weighted by atomic mass is 35.5. The Morgan fingerprint density at radius 3 is 2.39 bits per heavy atom. The van der Waals surface area contributed by atoms with E-state index in [2.05, 4.69) is 9.97 Å². The predicted octanol–water partition coefficient (Wildman–Crippen LogP) is 5.63. The van der Waals surface area contributed by atoms with Crippen LogP contribution in [0, 0.1) is 0 Å². The molecule has 0 N–H and O–H groups in total. The number of benzene rings is 2. The maximum absolute atomic E-state index is 13.0. The van der Waals surface area contributed by atoms with Crippen LogP contribution in [0.15, 0.2) is 61.1 Å². The van der Waals surface area contributed by atoms with Gasteiger partial charge in [0.05, 0.1) is 28.8 Å². The first-order valence-corrected chi connectivity index (χ1v) is 9.39. The number of halogens is 3. The third-order valence-corrected chi connectivity index (χ3v) is 5.12. The summed E-state index contributed by atoms with van der Waals surface area (Å²) in [4.78, 5) is 23.0. The van der Waals surface area contributed by atoms with Crippen LogP contribution in [0.2, 0.25) is 15.1 Å². The minimum atomic E-state index is -0.304. The van der Waals surface area contributed by atoms with Crippen molar-refractivity contribution in [1.82, 2.24) is 14.4 Å². The molecule has 0 unspecified atom stereocenters. The highest BCUT2D eigenvalue weighted by Crippen LogP contribution is 2.29. The van der Waals surface area contributed by atoms with E-state index in [9.17, 15) is 4.79 Å². The molecule has 0 aliphatic carbocycles. The van der Waals surface area contributed by atoms with Crippen molar-refractivity contribution in [2.45, 2.75) is 0 Å². The summed E-state index contributed by atoms with van der Waals surface area (Å²) in [5, 5.41) is 1.53. The molecule has 140 valence electrons. The average Bonchev–Trinajstić information content (AvgIpc) is 3.11. The van der Waals surface area contributed by atoms with Crippen LogP contribution in [0.4, 0.5) is 5.69 Å². The van der Waals surface area contributed by atoms with Gasteiger partial charge in [0.1, 0.15) is 5.69 Å². The van der Waals surface area contributed by atoms with Gasteiger partial charge in [0, 0.05) is 28.9 Å². The zero-order valence-corrected chi connectivity index (χ0v) is 16.9. The summed E-state index contributed by atoms with van der Waals surface area (Å²) in [5.74, 6) is -0.304. The van der Waals surface area contributed by atoms with E-state index in [4.69, 9.17) is 34.8 Å². The molecule has 4 aromatic rings. The Hall–Kier alpha value is -2.60. The van der Waals surface area contributed by atoms with E-state index in [1.54, 1.807) is 56.0 Å². The zero-order chi connectivity index (χ0) is 19.8. The Morgan fingerprint density at radius 2 is 1.68 bits per heavy atom. The fourth-order valence-corrected chi connectivity index (χ4v) is 3.53. The average molecular weight is 432 g/mol. The van der Waals surface area contributed by atoms with E-state index < -0.39 is 0 Å². The van der Waals surface area contributed by atoms with Gasteiger partial charge in [-0.3, -0.25) is 9.20 Å². The molecule has 2 heterocycles. The fraction of sp³-hybridized carbons (Fsp3) is 0.0500. The highest BCUT2D eigenvalue weighted by molar-refractivity contribution is 6.37. The highest BCUT2D eigenvalue weighted by Gasteiger charge is 2.19. The van der Waals surface area contributed by atoms with Gasteiger partial charge >= 0.3 is 0 Å². The number of hydrogen-bond acceptors (Lipinski definition) is 3. The molecule has 0 spiro atoms. The Balaban J connectivity index is 1.73. The number of aromatic nitrogens is 3. The lowest BCUT2D eigenvalue weighted by Gasteiger charge is -2.18. The molecule has 2 aromatic heterocycles. The van der Waals surface area contributed by atoms with Crippen LogP contribution in [-0.2, 0) is 0 Å². The monoisotopic (exact) mass is 430 g/mol. The summed E-state index contributed by atoms with van der Waals surface area (Å²) >= 11 is 18.1. The molecular formula is C20H13Cl3N4O. The number of anilines is 1. The topological polar surface area (TPSA) is 50.5 Å².